The number of hydrogen-bond acceptors (Lipinski definition) is 4. The second kappa shape index (κ2) is 7.63. The molecule has 0 aliphatic carbocycles. The van der Waals surface area contributed by atoms with Crippen molar-refractivity contribution in [3.05, 3.63) is 0 Å². The van der Waals surface area contributed by atoms with Crippen LogP contribution < -0.4 is 16.4 Å². The molecule has 0 heterocycles. The second-order valence-electron chi connectivity index (χ2n) is 3.23. The number of amides is 2. The van der Waals surface area contributed by atoms with Crippen molar-refractivity contribution in [2.75, 3.05) is 19.6 Å². The van der Waals surface area contributed by atoms with Crippen LogP contribution in [0.5, 0.6) is 0 Å². The van der Waals surface area contributed by atoms with E-state index in [4.69, 9.17) is 10.8 Å². The van der Waals surface area contributed by atoms with Gasteiger partial charge in [0.1, 0.15) is 0 Å². The number of hydrogen-bond donors (Lipinski definition) is 4. The highest BCUT2D eigenvalue weighted by atomic mass is 16.4. The first-order valence-corrected chi connectivity index (χ1v) is 4.97. The van der Waals surface area contributed by atoms with E-state index >= 15 is 0 Å². The summed E-state index contributed by atoms with van der Waals surface area (Å²) in [5.41, 5.74) is 5.02. The maximum Gasteiger partial charge on any atom is 0.308 e. The molecule has 0 aliphatic rings. The lowest BCUT2D eigenvalue weighted by molar-refractivity contribution is -0.141. The minimum Gasteiger partial charge on any atom is -0.481 e. The molecule has 92 valence electrons. The summed E-state index contributed by atoms with van der Waals surface area (Å²) < 4.78 is 0. The van der Waals surface area contributed by atoms with E-state index in [1.165, 1.54) is 0 Å². The topological polar surface area (TPSA) is 122 Å². The maximum atomic E-state index is 11.1. The quantitative estimate of drug-likeness (QED) is 0.415. The lowest BCUT2D eigenvalue weighted by Gasteiger charge is -2.11. The molecule has 0 aromatic rings. The molecule has 0 bridgehead atoms. The van der Waals surface area contributed by atoms with Crippen molar-refractivity contribution in [1.29, 1.82) is 0 Å². The van der Waals surface area contributed by atoms with Gasteiger partial charge in [-0.2, -0.15) is 0 Å². The Morgan fingerprint density at radius 2 is 1.88 bits per heavy atom. The number of carbonyl (C=O) groups excluding carboxylic acids is 2. The third kappa shape index (κ3) is 5.97. The number of carboxylic acid groups (broad SMARTS) is 1. The Hall–Kier alpha value is -1.63. The van der Waals surface area contributed by atoms with Crippen LogP contribution in [0.1, 0.15) is 13.3 Å². The van der Waals surface area contributed by atoms with Crippen LogP contribution in [0.4, 0.5) is 0 Å². The van der Waals surface area contributed by atoms with Gasteiger partial charge in [0, 0.05) is 6.54 Å². The van der Waals surface area contributed by atoms with E-state index < -0.39 is 23.7 Å². The van der Waals surface area contributed by atoms with Gasteiger partial charge >= 0.3 is 5.97 Å². The van der Waals surface area contributed by atoms with Gasteiger partial charge in [0.25, 0.3) is 0 Å². The standard InChI is InChI=1S/C9H17N3O4/c1-2-6(9(15)16)4-11-8(14)5-12-7(13)3-10/h6H,2-5,10H2,1H3,(H,11,14)(H,12,13)(H,15,16). The molecule has 7 nitrogen and oxygen atoms in total. The van der Waals surface area contributed by atoms with Gasteiger partial charge in [0.15, 0.2) is 0 Å². The monoisotopic (exact) mass is 231 g/mol. The molecule has 0 aromatic heterocycles. The molecule has 5 N–H and O–H groups in total. The number of nitrogens with two attached hydrogens (primary N) is 1. The predicted octanol–water partition coefficient (Wildman–Crippen LogP) is -1.71. The zero-order valence-electron chi connectivity index (χ0n) is 9.16. The van der Waals surface area contributed by atoms with Crippen molar-refractivity contribution in [1.82, 2.24) is 10.6 Å². The highest BCUT2D eigenvalue weighted by Gasteiger charge is 2.15. The largest absolute Gasteiger partial charge is 0.481 e. The van der Waals surface area contributed by atoms with Crippen molar-refractivity contribution in [2.45, 2.75) is 13.3 Å². The summed E-state index contributed by atoms with van der Waals surface area (Å²) in [6.07, 6.45) is 0.435. The van der Waals surface area contributed by atoms with Crippen LogP contribution in [0.3, 0.4) is 0 Å². The number of aliphatic carboxylic acids is 1. The summed E-state index contributed by atoms with van der Waals surface area (Å²) in [6.45, 7) is 1.41. The summed E-state index contributed by atoms with van der Waals surface area (Å²) in [6, 6.07) is 0. The normalized spacial score (nSPS) is 11.6. The predicted molar refractivity (Wildman–Crippen MR) is 56.5 cm³/mol. The summed E-state index contributed by atoms with van der Waals surface area (Å²) >= 11 is 0. The Morgan fingerprint density at radius 3 is 2.31 bits per heavy atom. The zero-order valence-corrected chi connectivity index (χ0v) is 9.16. The van der Waals surface area contributed by atoms with Gasteiger partial charge in [0.2, 0.25) is 11.8 Å². The maximum absolute atomic E-state index is 11.1. The van der Waals surface area contributed by atoms with Crippen LogP contribution in [0.25, 0.3) is 0 Å². The van der Waals surface area contributed by atoms with Crippen LogP contribution in [0.15, 0.2) is 0 Å². The molecule has 2 amide bonds. The molecule has 0 aliphatic heterocycles. The Bertz CT molecular complexity index is 267. The smallest absolute Gasteiger partial charge is 0.308 e. The molecule has 0 saturated heterocycles. The van der Waals surface area contributed by atoms with Crippen LogP contribution in [0.2, 0.25) is 0 Å². The Morgan fingerprint density at radius 1 is 1.25 bits per heavy atom. The van der Waals surface area contributed by atoms with Crippen molar-refractivity contribution >= 4 is 17.8 Å². The van der Waals surface area contributed by atoms with Crippen molar-refractivity contribution < 1.29 is 19.5 Å². The third-order valence-corrected chi connectivity index (χ3v) is 2.02. The average molecular weight is 231 g/mol. The Kier molecular flexibility index (Phi) is 6.86. The first-order valence-electron chi connectivity index (χ1n) is 4.97. The lowest BCUT2D eigenvalue weighted by atomic mass is 10.1. The first kappa shape index (κ1) is 14.4. The van der Waals surface area contributed by atoms with E-state index in [1.807, 2.05) is 0 Å². The van der Waals surface area contributed by atoms with Gasteiger partial charge in [-0.1, -0.05) is 6.92 Å². The van der Waals surface area contributed by atoms with E-state index in [0.29, 0.717) is 6.42 Å². The molecular formula is C9H17N3O4. The lowest BCUT2D eigenvalue weighted by Crippen LogP contribution is -2.41. The van der Waals surface area contributed by atoms with Gasteiger partial charge in [-0.15, -0.1) is 0 Å². The van der Waals surface area contributed by atoms with Crippen LogP contribution >= 0.6 is 0 Å². The highest BCUT2D eigenvalue weighted by molar-refractivity contribution is 5.85. The Balaban J connectivity index is 3.80. The van der Waals surface area contributed by atoms with E-state index in [2.05, 4.69) is 10.6 Å². The molecule has 0 rings (SSSR count). The minimum absolute atomic E-state index is 0.0587. The Labute approximate surface area is 93.4 Å². The summed E-state index contributed by atoms with van der Waals surface area (Å²) in [5, 5.41) is 13.4. The number of carbonyl (C=O) groups is 3. The molecule has 0 radical (unpaired) electrons. The van der Waals surface area contributed by atoms with Gasteiger partial charge in [-0.05, 0) is 6.42 Å². The molecule has 1 atom stereocenters. The second-order valence-corrected chi connectivity index (χ2v) is 3.23. The van der Waals surface area contributed by atoms with Crippen molar-refractivity contribution in [3.63, 3.8) is 0 Å². The molecular weight excluding hydrogens is 214 g/mol. The van der Waals surface area contributed by atoms with Gasteiger partial charge in [-0.3, -0.25) is 14.4 Å². The van der Waals surface area contributed by atoms with E-state index in [9.17, 15) is 14.4 Å². The fourth-order valence-corrected chi connectivity index (χ4v) is 0.957. The van der Waals surface area contributed by atoms with E-state index in [0.717, 1.165) is 0 Å². The molecule has 16 heavy (non-hydrogen) atoms. The van der Waals surface area contributed by atoms with Crippen LogP contribution in [-0.2, 0) is 14.4 Å². The first-order chi connectivity index (χ1) is 7.51. The summed E-state index contributed by atoms with van der Waals surface area (Å²) in [7, 11) is 0. The fraction of sp³-hybridized carbons (Fsp3) is 0.667. The number of nitrogens with one attached hydrogen (secondary N) is 2. The molecule has 7 heteroatoms. The van der Waals surface area contributed by atoms with Gasteiger partial charge < -0.3 is 21.5 Å². The molecule has 0 aromatic carbocycles. The SMILES string of the molecule is CCC(CNC(=O)CNC(=O)CN)C(=O)O. The van der Waals surface area contributed by atoms with Crippen LogP contribution in [0, 0.1) is 5.92 Å². The molecule has 0 fully saturated rings. The van der Waals surface area contributed by atoms with Crippen molar-refractivity contribution in [3.8, 4) is 0 Å². The third-order valence-electron chi connectivity index (χ3n) is 2.02. The molecule has 0 spiro atoms. The summed E-state index contributed by atoms with van der Waals surface area (Å²) in [5.74, 6) is -2.41. The zero-order chi connectivity index (χ0) is 12.6. The van der Waals surface area contributed by atoms with E-state index in [1.54, 1.807) is 6.92 Å². The highest BCUT2D eigenvalue weighted by Crippen LogP contribution is 1.99. The van der Waals surface area contributed by atoms with Crippen LogP contribution in [-0.4, -0.2) is 42.5 Å². The van der Waals surface area contributed by atoms with E-state index in [-0.39, 0.29) is 19.6 Å². The van der Waals surface area contributed by atoms with Crippen molar-refractivity contribution in [2.24, 2.45) is 11.7 Å². The number of rotatable bonds is 7. The summed E-state index contributed by atoms with van der Waals surface area (Å²) in [4.78, 5) is 32.5. The number of carboxylic acids is 1. The molecule has 0 saturated carbocycles. The van der Waals surface area contributed by atoms with Gasteiger partial charge in [-0.25, -0.2) is 0 Å². The molecule has 1 unspecified atom stereocenters. The fourth-order valence-electron chi connectivity index (χ4n) is 0.957. The minimum atomic E-state index is -0.950. The average Bonchev–Trinajstić information content (AvgIpc) is 2.26. The van der Waals surface area contributed by atoms with Gasteiger partial charge in [0.05, 0.1) is 19.0 Å².